The Morgan fingerprint density at radius 1 is 1.29 bits per heavy atom. The lowest BCUT2D eigenvalue weighted by Crippen LogP contribution is -2.39. The lowest BCUT2D eigenvalue weighted by molar-refractivity contribution is -0.133. The SMILES string of the molecule is CCCc1ccc(C(NC(=O)[C@@H]2CC[C@H](CN)O2)C(C)C)cc1.Cl. The average Bonchev–Trinajstić information content (AvgIpc) is 3.02. The summed E-state index contributed by atoms with van der Waals surface area (Å²) in [7, 11) is 0. The van der Waals surface area contributed by atoms with Gasteiger partial charge in [0.1, 0.15) is 6.10 Å². The Balaban J connectivity index is 0.00000288. The summed E-state index contributed by atoms with van der Waals surface area (Å²) < 4.78 is 5.70. The van der Waals surface area contributed by atoms with E-state index >= 15 is 0 Å². The van der Waals surface area contributed by atoms with Gasteiger partial charge >= 0.3 is 0 Å². The molecule has 0 radical (unpaired) electrons. The molecule has 5 heteroatoms. The van der Waals surface area contributed by atoms with Crippen LogP contribution in [0.5, 0.6) is 0 Å². The summed E-state index contributed by atoms with van der Waals surface area (Å²) in [5, 5.41) is 3.17. The lowest BCUT2D eigenvalue weighted by Gasteiger charge is -2.25. The van der Waals surface area contributed by atoms with Gasteiger partial charge in [0.15, 0.2) is 0 Å². The molecular formula is C19H31ClN2O2. The van der Waals surface area contributed by atoms with Gasteiger partial charge in [0.25, 0.3) is 0 Å². The van der Waals surface area contributed by atoms with Crippen molar-refractivity contribution in [1.82, 2.24) is 5.32 Å². The number of nitrogens with two attached hydrogens (primary N) is 1. The highest BCUT2D eigenvalue weighted by Gasteiger charge is 2.31. The first kappa shape index (κ1) is 20.9. The highest BCUT2D eigenvalue weighted by molar-refractivity contribution is 5.85. The number of halogens is 1. The highest BCUT2D eigenvalue weighted by Crippen LogP contribution is 2.25. The fraction of sp³-hybridized carbons (Fsp3) is 0.632. The maximum absolute atomic E-state index is 12.5. The summed E-state index contributed by atoms with van der Waals surface area (Å²) in [6.07, 6.45) is 3.53. The molecule has 1 heterocycles. The molecule has 0 bridgehead atoms. The second kappa shape index (κ2) is 10.0. The fourth-order valence-corrected chi connectivity index (χ4v) is 3.13. The van der Waals surface area contributed by atoms with E-state index in [-0.39, 0.29) is 36.6 Å². The number of hydrogen-bond donors (Lipinski definition) is 2. The van der Waals surface area contributed by atoms with Crippen LogP contribution in [0.1, 0.15) is 57.2 Å². The van der Waals surface area contributed by atoms with Crippen LogP contribution in [0.25, 0.3) is 0 Å². The van der Waals surface area contributed by atoms with Crippen LogP contribution in [0.4, 0.5) is 0 Å². The number of carbonyl (C=O) groups is 1. The van der Waals surface area contributed by atoms with E-state index < -0.39 is 0 Å². The van der Waals surface area contributed by atoms with Crippen LogP contribution in [-0.2, 0) is 16.0 Å². The summed E-state index contributed by atoms with van der Waals surface area (Å²) >= 11 is 0. The van der Waals surface area contributed by atoms with Crippen LogP contribution >= 0.6 is 12.4 Å². The number of amides is 1. The van der Waals surface area contributed by atoms with Crippen molar-refractivity contribution in [2.24, 2.45) is 11.7 Å². The monoisotopic (exact) mass is 354 g/mol. The van der Waals surface area contributed by atoms with E-state index in [0.29, 0.717) is 12.5 Å². The number of benzene rings is 1. The molecule has 0 aromatic heterocycles. The van der Waals surface area contributed by atoms with E-state index in [4.69, 9.17) is 10.5 Å². The normalized spacial score (nSPS) is 21.4. The summed E-state index contributed by atoms with van der Waals surface area (Å²) in [6.45, 7) is 6.92. The van der Waals surface area contributed by atoms with Crippen molar-refractivity contribution in [1.29, 1.82) is 0 Å². The first-order valence-electron chi connectivity index (χ1n) is 8.79. The Morgan fingerprint density at radius 3 is 2.46 bits per heavy atom. The Labute approximate surface area is 151 Å². The highest BCUT2D eigenvalue weighted by atomic mass is 35.5. The number of rotatable bonds is 7. The predicted molar refractivity (Wildman–Crippen MR) is 100 cm³/mol. The Bertz CT molecular complexity index is 505. The summed E-state index contributed by atoms with van der Waals surface area (Å²) in [5.74, 6) is 0.306. The number of carbonyl (C=O) groups excluding carboxylic acids is 1. The standard InChI is InChI=1S/C19H30N2O2.ClH/c1-4-5-14-6-8-15(9-7-14)18(13(2)3)21-19(22)17-11-10-16(12-20)23-17;/h6-9,13,16-18H,4-5,10-12,20H2,1-3H3,(H,21,22);1H/t16-,17+,18?;/m1./s1. The molecule has 1 saturated heterocycles. The van der Waals surface area contributed by atoms with Gasteiger partial charge in [-0.1, -0.05) is 51.5 Å². The molecule has 0 aliphatic carbocycles. The van der Waals surface area contributed by atoms with Crippen LogP contribution in [0, 0.1) is 5.92 Å². The van der Waals surface area contributed by atoms with Crippen LogP contribution in [-0.4, -0.2) is 24.7 Å². The molecule has 1 aliphatic heterocycles. The molecule has 4 nitrogen and oxygen atoms in total. The third-order valence-electron chi connectivity index (χ3n) is 4.50. The summed E-state index contributed by atoms with van der Waals surface area (Å²) in [5.41, 5.74) is 8.12. The molecule has 1 fully saturated rings. The molecule has 2 rings (SSSR count). The maximum atomic E-state index is 12.5. The van der Waals surface area contributed by atoms with E-state index in [1.165, 1.54) is 5.56 Å². The van der Waals surface area contributed by atoms with Crippen molar-refractivity contribution in [3.63, 3.8) is 0 Å². The largest absolute Gasteiger partial charge is 0.364 e. The predicted octanol–water partition coefficient (Wildman–Crippen LogP) is 3.38. The number of aryl methyl sites for hydroxylation is 1. The minimum Gasteiger partial charge on any atom is -0.364 e. The minimum absolute atomic E-state index is 0. The van der Waals surface area contributed by atoms with E-state index in [1.54, 1.807) is 0 Å². The molecule has 3 N–H and O–H groups in total. The zero-order chi connectivity index (χ0) is 16.8. The molecule has 1 amide bonds. The molecule has 0 saturated carbocycles. The van der Waals surface area contributed by atoms with Crippen molar-refractivity contribution in [2.45, 2.75) is 64.7 Å². The van der Waals surface area contributed by atoms with Gasteiger partial charge in [-0.25, -0.2) is 0 Å². The average molecular weight is 355 g/mol. The zero-order valence-corrected chi connectivity index (χ0v) is 15.8. The Kier molecular flexibility index (Phi) is 8.74. The van der Waals surface area contributed by atoms with E-state index in [9.17, 15) is 4.79 Å². The van der Waals surface area contributed by atoms with E-state index in [0.717, 1.165) is 31.2 Å². The van der Waals surface area contributed by atoms with Gasteiger partial charge in [-0.05, 0) is 36.3 Å². The molecule has 24 heavy (non-hydrogen) atoms. The van der Waals surface area contributed by atoms with Crippen molar-refractivity contribution in [3.05, 3.63) is 35.4 Å². The molecule has 1 aromatic rings. The van der Waals surface area contributed by atoms with Gasteiger partial charge in [0.05, 0.1) is 12.1 Å². The minimum atomic E-state index is -0.357. The Morgan fingerprint density at radius 2 is 1.96 bits per heavy atom. The number of ether oxygens (including phenoxy) is 1. The smallest absolute Gasteiger partial charge is 0.249 e. The first-order chi connectivity index (χ1) is 11.0. The second-order valence-electron chi connectivity index (χ2n) is 6.78. The van der Waals surface area contributed by atoms with Crippen molar-refractivity contribution in [2.75, 3.05) is 6.54 Å². The van der Waals surface area contributed by atoms with Crippen LogP contribution in [0.15, 0.2) is 24.3 Å². The summed E-state index contributed by atoms with van der Waals surface area (Å²) in [4.78, 5) is 12.5. The van der Waals surface area contributed by atoms with Crippen LogP contribution in [0.3, 0.4) is 0 Å². The van der Waals surface area contributed by atoms with Gasteiger partial charge in [-0.2, -0.15) is 0 Å². The lowest BCUT2D eigenvalue weighted by atomic mass is 9.94. The molecule has 1 unspecified atom stereocenters. The fourth-order valence-electron chi connectivity index (χ4n) is 3.13. The topological polar surface area (TPSA) is 64.4 Å². The van der Waals surface area contributed by atoms with Crippen molar-refractivity contribution in [3.8, 4) is 0 Å². The van der Waals surface area contributed by atoms with Gasteiger partial charge in [0.2, 0.25) is 5.91 Å². The summed E-state index contributed by atoms with van der Waals surface area (Å²) in [6, 6.07) is 8.61. The molecule has 136 valence electrons. The zero-order valence-electron chi connectivity index (χ0n) is 15.0. The molecule has 1 aliphatic rings. The van der Waals surface area contributed by atoms with Crippen molar-refractivity contribution < 1.29 is 9.53 Å². The van der Waals surface area contributed by atoms with E-state index in [2.05, 4.69) is 50.4 Å². The van der Waals surface area contributed by atoms with Crippen molar-refractivity contribution >= 4 is 18.3 Å². The Hall–Kier alpha value is -1.10. The van der Waals surface area contributed by atoms with Crippen LogP contribution in [0.2, 0.25) is 0 Å². The number of hydrogen-bond acceptors (Lipinski definition) is 3. The van der Waals surface area contributed by atoms with Crippen LogP contribution < -0.4 is 11.1 Å². The third kappa shape index (κ3) is 5.47. The third-order valence-corrected chi connectivity index (χ3v) is 4.50. The maximum Gasteiger partial charge on any atom is 0.249 e. The molecule has 0 spiro atoms. The first-order valence-corrected chi connectivity index (χ1v) is 8.79. The van der Waals surface area contributed by atoms with Gasteiger partial charge in [-0.3, -0.25) is 4.79 Å². The quantitative estimate of drug-likeness (QED) is 0.788. The van der Waals surface area contributed by atoms with Gasteiger partial charge in [-0.15, -0.1) is 12.4 Å². The second-order valence-corrected chi connectivity index (χ2v) is 6.78. The molecule has 1 aromatic carbocycles. The molecule has 3 atom stereocenters. The van der Waals surface area contributed by atoms with Gasteiger partial charge in [0, 0.05) is 6.54 Å². The number of nitrogens with one attached hydrogen (secondary N) is 1. The van der Waals surface area contributed by atoms with E-state index in [1.807, 2.05) is 0 Å². The molecular weight excluding hydrogens is 324 g/mol. The van der Waals surface area contributed by atoms with Gasteiger partial charge < -0.3 is 15.8 Å².